The third-order valence-corrected chi connectivity index (χ3v) is 4.79. The number of carbonyl (C=O) groups is 1. The second kappa shape index (κ2) is 7.61. The first-order valence-corrected chi connectivity index (χ1v) is 8.30. The molecule has 1 amide bonds. The summed E-state index contributed by atoms with van der Waals surface area (Å²) in [4.78, 5) is 14.4. The maximum Gasteiger partial charge on any atom is 0.253 e. The van der Waals surface area contributed by atoms with Crippen LogP contribution in [0.3, 0.4) is 0 Å². The molecule has 0 radical (unpaired) electrons. The Morgan fingerprint density at radius 3 is 2.33 bits per heavy atom. The van der Waals surface area contributed by atoms with Crippen molar-refractivity contribution in [3.05, 3.63) is 34.3 Å². The van der Waals surface area contributed by atoms with Crippen LogP contribution in [0.4, 0.5) is 0 Å². The predicted octanol–water partition coefficient (Wildman–Crippen LogP) is 3.48. The summed E-state index contributed by atoms with van der Waals surface area (Å²) in [5.41, 5.74) is 0.789. The molecular weight excluding hydrogens is 352 g/mol. The van der Waals surface area contributed by atoms with Crippen molar-refractivity contribution < 1.29 is 4.79 Å². The minimum absolute atomic E-state index is 0. The molecule has 1 N–H and O–H groups in total. The van der Waals surface area contributed by atoms with Crippen LogP contribution in [0.25, 0.3) is 0 Å². The van der Waals surface area contributed by atoms with E-state index >= 15 is 0 Å². The van der Waals surface area contributed by atoms with Gasteiger partial charge in [0.15, 0.2) is 0 Å². The Labute approximate surface area is 141 Å². The maximum absolute atomic E-state index is 12.4. The summed E-state index contributed by atoms with van der Waals surface area (Å²) in [7, 11) is 0. The van der Waals surface area contributed by atoms with E-state index in [1.165, 1.54) is 19.4 Å². The first-order chi connectivity index (χ1) is 9.72. The van der Waals surface area contributed by atoms with Crippen molar-refractivity contribution in [2.75, 3.05) is 19.6 Å². The molecule has 0 bridgehead atoms. The van der Waals surface area contributed by atoms with Gasteiger partial charge in [-0.15, -0.1) is 12.4 Å². The lowest BCUT2D eigenvalue weighted by Crippen LogP contribution is -2.45. The van der Waals surface area contributed by atoms with Crippen molar-refractivity contribution >= 4 is 34.2 Å². The van der Waals surface area contributed by atoms with E-state index in [2.05, 4.69) is 21.2 Å². The van der Waals surface area contributed by atoms with Crippen molar-refractivity contribution in [1.82, 2.24) is 10.2 Å². The summed E-state index contributed by atoms with van der Waals surface area (Å²) in [5.74, 6) is 1.09. The van der Waals surface area contributed by atoms with Crippen LogP contribution in [-0.2, 0) is 0 Å². The number of halogens is 2. The maximum atomic E-state index is 12.4. The molecule has 1 saturated carbocycles. The number of likely N-dealkylation sites (tertiary alicyclic amines) is 1. The molecule has 116 valence electrons. The largest absolute Gasteiger partial charge is 0.339 e. The van der Waals surface area contributed by atoms with Gasteiger partial charge in [-0.2, -0.15) is 0 Å². The van der Waals surface area contributed by atoms with Crippen LogP contribution in [0.1, 0.15) is 36.0 Å². The van der Waals surface area contributed by atoms with Gasteiger partial charge in [-0.3, -0.25) is 4.79 Å². The second-order valence-electron chi connectivity index (χ2n) is 5.92. The van der Waals surface area contributed by atoms with Gasteiger partial charge in [0.1, 0.15) is 0 Å². The van der Waals surface area contributed by atoms with Gasteiger partial charge in [0.05, 0.1) is 0 Å². The summed E-state index contributed by atoms with van der Waals surface area (Å²) in [6.45, 7) is 2.92. The third-order valence-electron chi connectivity index (χ3n) is 4.27. The highest BCUT2D eigenvalue weighted by Gasteiger charge is 2.26. The fourth-order valence-corrected chi connectivity index (χ4v) is 2.98. The minimum Gasteiger partial charge on any atom is -0.339 e. The Bertz CT molecular complexity index is 468. The zero-order valence-corrected chi connectivity index (χ0v) is 14.5. The Kier molecular flexibility index (Phi) is 6.08. The number of hydrogen-bond acceptors (Lipinski definition) is 2. The van der Waals surface area contributed by atoms with E-state index in [0.29, 0.717) is 6.04 Å². The molecule has 2 aliphatic rings. The number of piperidine rings is 1. The average molecular weight is 374 g/mol. The summed E-state index contributed by atoms with van der Waals surface area (Å²) in [5, 5.41) is 3.65. The van der Waals surface area contributed by atoms with Gasteiger partial charge in [-0.05, 0) is 62.4 Å². The molecule has 1 aromatic carbocycles. The summed E-state index contributed by atoms with van der Waals surface area (Å²) in [6.07, 6.45) is 4.95. The molecule has 1 saturated heterocycles. The zero-order valence-electron chi connectivity index (χ0n) is 12.1. The molecule has 0 aromatic heterocycles. The molecule has 0 atom stereocenters. The van der Waals surface area contributed by atoms with Crippen LogP contribution in [-0.4, -0.2) is 36.5 Å². The number of carbonyl (C=O) groups excluding carboxylic acids is 1. The molecule has 0 spiro atoms. The van der Waals surface area contributed by atoms with Gasteiger partial charge in [0.25, 0.3) is 5.91 Å². The number of nitrogens with one attached hydrogen (secondary N) is 1. The van der Waals surface area contributed by atoms with Gasteiger partial charge in [-0.1, -0.05) is 15.9 Å². The van der Waals surface area contributed by atoms with Crippen LogP contribution in [0.15, 0.2) is 28.7 Å². The van der Waals surface area contributed by atoms with E-state index in [1.807, 2.05) is 29.2 Å². The molecule has 5 heteroatoms. The molecule has 2 fully saturated rings. The molecular formula is C16H22BrClN2O. The number of hydrogen-bond donors (Lipinski definition) is 1. The number of benzene rings is 1. The highest BCUT2D eigenvalue weighted by atomic mass is 79.9. The Morgan fingerprint density at radius 2 is 1.76 bits per heavy atom. The molecule has 1 aliphatic heterocycles. The minimum atomic E-state index is 0. The van der Waals surface area contributed by atoms with E-state index in [-0.39, 0.29) is 18.3 Å². The zero-order chi connectivity index (χ0) is 13.9. The van der Waals surface area contributed by atoms with Crippen LogP contribution < -0.4 is 5.32 Å². The third kappa shape index (κ3) is 4.70. The van der Waals surface area contributed by atoms with Crippen molar-refractivity contribution in [3.63, 3.8) is 0 Å². The first kappa shape index (κ1) is 16.8. The van der Waals surface area contributed by atoms with E-state index in [9.17, 15) is 4.79 Å². The van der Waals surface area contributed by atoms with Crippen molar-refractivity contribution in [1.29, 1.82) is 0 Å². The fraction of sp³-hybridized carbons (Fsp3) is 0.562. The van der Waals surface area contributed by atoms with E-state index in [4.69, 9.17) is 0 Å². The number of amides is 1. The molecule has 1 heterocycles. The van der Waals surface area contributed by atoms with Crippen LogP contribution >= 0.6 is 28.3 Å². The van der Waals surface area contributed by atoms with Gasteiger partial charge >= 0.3 is 0 Å². The topological polar surface area (TPSA) is 32.3 Å². The van der Waals surface area contributed by atoms with Gasteiger partial charge in [-0.25, -0.2) is 0 Å². The smallest absolute Gasteiger partial charge is 0.253 e. The van der Waals surface area contributed by atoms with E-state index in [1.54, 1.807) is 0 Å². The second-order valence-corrected chi connectivity index (χ2v) is 6.84. The molecule has 3 nitrogen and oxygen atoms in total. The number of nitrogens with zero attached hydrogens (tertiary/aromatic N) is 1. The quantitative estimate of drug-likeness (QED) is 0.876. The summed E-state index contributed by atoms with van der Waals surface area (Å²) in [6, 6.07) is 8.24. The van der Waals surface area contributed by atoms with Crippen LogP contribution in [0.5, 0.6) is 0 Å². The van der Waals surface area contributed by atoms with Gasteiger partial charge in [0, 0.05) is 29.2 Å². The Balaban J connectivity index is 0.00000161. The average Bonchev–Trinajstić information content (AvgIpc) is 3.30. The highest BCUT2D eigenvalue weighted by Crippen LogP contribution is 2.28. The molecule has 0 unspecified atom stereocenters. The monoisotopic (exact) mass is 372 g/mol. The molecule has 21 heavy (non-hydrogen) atoms. The standard InChI is InChI=1S/C16H21BrN2O.ClH/c17-14-5-3-13(4-6-14)16(20)19-9-7-15(8-10-19)18-11-12-1-2-12;/h3-6,12,15,18H,1-2,7-11H2;1H. The van der Waals surface area contributed by atoms with Crippen molar-refractivity contribution in [2.24, 2.45) is 5.92 Å². The molecule has 1 aromatic rings. The summed E-state index contributed by atoms with van der Waals surface area (Å²) >= 11 is 3.40. The van der Waals surface area contributed by atoms with Gasteiger partial charge < -0.3 is 10.2 Å². The lowest BCUT2D eigenvalue weighted by Gasteiger charge is -2.32. The lowest BCUT2D eigenvalue weighted by atomic mass is 10.0. The molecule has 3 rings (SSSR count). The van der Waals surface area contributed by atoms with Crippen molar-refractivity contribution in [3.8, 4) is 0 Å². The SMILES string of the molecule is Cl.O=C(c1ccc(Br)cc1)N1CCC(NCC2CC2)CC1. The Morgan fingerprint density at radius 1 is 1.14 bits per heavy atom. The lowest BCUT2D eigenvalue weighted by molar-refractivity contribution is 0.0705. The van der Waals surface area contributed by atoms with Crippen molar-refractivity contribution in [2.45, 2.75) is 31.7 Å². The highest BCUT2D eigenvalue weighted by molar-refractivity contribution is 9.10. The van der Waals surface area contributed by atoms with Crippen LogP contribution in [0.2, 0.25) is 0 Å². The normalized spacial score (nSPS) is 19.2. The predicted molar refractivity (Wildman–Crippen MR) is 91.0 cm³/mol. The number of rotatable bonds is 4. The van der Waals surface area contributed by atoms with Gasteiger partial charge in [0.2, 0.25) is 0 Å². The molecule has 1 aliphatic carbocycles. The van der Waals surface area contributed by atoms with Crippen LogP contribution in [0, 0.1) is 5.92 Å². The summed E-state index contributed by atoms with van der Waals surface area (Å²) < 4.78 is 1.01. The first-order valence-electron chi connectivity index (χ1n) is 7.50. The fourth-order valence-electron chi connectivity index (χ4n) is 2.72. The van der Waals surface area contributed by atoms with E-state index < -0.39 is 0 Å². The Hall–Kier alpha value is -0.580. The van der Waals surface area contributed by atoms with E-state index in [0.717, 1.165) is 41.9 Å².